The number of thiazole rings is 1. The number of alkyl halides is 3. The lowest BCUT2D eigenvalue weighted by atomic mass is 10.1. The molecule has 2 aromatic carbocycles. The number of hydrogen-bond donors (Lipinski definition) is 1. The Morgan fingerprint density at radius 1 is 0.900 bits per heavy atom. The molecule has 0 saturated heterocycles. The van der Waals surface area contributed by atoms with Crippen LogP contribution in [0.3, 0.4) is 0 Å². The SMILES string of the molecule is O=S(=O)(Nc1nc(-c2c(Cl)ccc(C(F)(F)F)c2Cl)cs1)c1ccc(Cl)c(Cl)c1Cl. The molecule has 4 nitrogen and oxygen atoms in total. The Bertz CT molecular complexity index is 1250. The van der Waals surface area contributed by atoms with Crippen molar-refractivity contribution in [1.82, 2.24) is 4.98 Å². The van der Waals surface area contributed by atoms with Gasteiger partial charge in [-0.15, -0.1) is 11.3 Å². The van der Waals surface area contributed by atoms with Gasteiger partial charge in [-0.2, -0.15) is 13.2 Å². The Labute approximate surface area is 197 Å². The van der Waals surface area contributed by atoms with Crippen LogP contribution >= 0.6 is 69.3 Å². The van der Waals surface area contributed by atoms with Gasteiger partial charge in [0, 0.05) is 10.9 Å². The minimum atomic E-state index is -4.71. The molecular weight excluding hydrogens is 551 g/mol. The van der Waals surface area contributed by atoms with Crippen LogP contribution in [0.2, 0.25) is 25.1 Å². The first-order valence-electron chi connectivity index (χ1n) is 7.50. The third-order valence-corrected chi connectivity index (χ3v) is 8.05. The van der Waals surface area contributed by atoms with Crippen molar-refractivity contribution < 1.29 is 21.6 Å². The molecule has 0 fully saturated rings. The summed E-state index contributed by atoms with van der Waals surface area (Å²) in [5.41, 5.74) is -1.32. The van der Waals surface area contributed by atoms with E-state index in [-0.39, 0.29) is 41.4 Å². The van der Waals surface area contributed by atoms with Gasteiger partial charge in [-0.3, -0.25) is 4.72 Å². The molecule has 30 heavy (non-hydrogen) atoms. The summed E-state index contributed by atoms with van der Waals surface area (Å²) >= 11 is 30.3. The molecule has 0 saturated carbocycles. The van der Waals surface area contributed by atoms with Crippen molar-refractivity contribution in [3.05, 3.63) is 60.3 Å². The predicted octanol–water partition coefficient (Wildman–Crippen LogP) is 7.90. The van der Waals surface area contributed by atoms with Gasteiger partial charge < -0.3 is 0 Å². The second kappa shape index (κ2) is 8.54. The van der Waals surface area contributed by atoms with Crippen LogP contribution in [-0.4, -0.2) is 13.4 Å². The van der Waals surface area contributed by atoms with Gasteiger partial charge in [-0.25, -0.2) is 13.4 Å². The number of benzene rings is 2. The molecule has 0 atom stereocenters. The number of rotatable bonds is 4. The zero-order valence-corrected chi connectivity index (χ0v) is 19.4. The summed E-state index contributed by atoms with van der Waals surface area (Å²) in [5, 5.41) is 0.0350. The van der Waals surface area contributed by atoms with E-state index in [1.165, 1.54) is 11.4 Å². The van der Waals surface area contributed by atoms with Crippen molar-refractivity contribution in [2.24, 2.45) is 0 Å². The van der Waals surface area contributed by atoms with Gasteiger partial charge in [0.15, 0.2) is 5.13 Å². The second-order valence-corrected chi connectivity index (χ2v) is 10.1. The van der Waals surface area contributed by atoms with Crippen molar-refractivity contribution in [2.75, 3.05) is 4.72 Å². The molecule has 0 spiro atoms. The maximum atomic E-state index is 13.1. The Balaban J connectivity index is 2.00. The first-order valence-corrected chi connectivity index (χ1v) is 11.8. The van der Waals surface area contributed by atoms with Crippen LogP contribution in [0, 0.1) is 0 Å². The van der Waals surface area contributed by atoms with Gasteiger partial charge in [0.2, 0.25) is 0 Å². The van der Waals surface area contributed by atoms with Gasteiger partial charge in [-0.1, -0.05) is 58.0 Å². The number of nitrogens with zero attached hydrogens (tertiary/aromatic N) is 1. The molecule has 14 heteroatoms. The standard InChI is InChI=1S/C16H6Cl5F3N2O2S2/c17-7-2-1-6(16(22,23)24)12(19)11(7)9-5-29-15(25-9)26-30(27,28)10-4-3-8(18)13(20)14(10)21/h1-5H,(H,25,26). The minimum absolute atomic E-state index is 0.0426. The Kier molecular flexibility index (Phi) is 6.75. The van der Waals surface area contributed by atoms with Crippen LogP contribution in [0.5, 0.6) is 0 Å². The van der Waals surface area contributed by atoms with E-state index in [0.29, 0.717) is 0 Å². The van der Waals surface area contributed by atoms with Crippen LogP contribution in [-0.2, 0) is 16.2 Å². The zero-order chi connectivity index (χ0) is 22.4. The summed E-state index contributed by atoms with van der Waals surface area (Å²) in [7, 11) is -4.23. The number of nitrogens with one attached hydrogen (secondary N) is 1. The van der Waals surface area contributed by atoms with E-state index in [1.54, 1.807) is 0 Å². The fourth-order valence-corrected chi connectivity index (χ4v) is 5.93. The average molecular weight is 557 g/mol. The third kappa shape index (κ3) is 4.62. The maximum Gasteiger partial charge on any atom is 0.417 e. The van der Waals surface area contributed by atoms with E-state index in [2.05, 4.69) is 9.71 Å². The van der Waals surface area contributed by atoms with Gasteiger partial charge in [0.1, 0.15) is 4.90 Å². The van der Waals surface area contributed by atoms with Gasteiger partial charge in [-0.05, 0) is 24.3 Å². The summed E-state index contributed by atoms with van der Waals surface area (Å²) in [5.74, 6) is 0. The molecule has 0 amide bonds. The van der Waals surface area contributed by atoms with Crippen molar-refractivity contribution >= 4 is 84.5 Å². The molecule has 0 aliphatic carbocycles. The molecule has 0 aliphatic rings. The number of aromatic nitrogens is 1. The van der Waals surface area contributed by atoms with Gasteiger partial charge >= 0.3 is 6.18 Å². The molecule has 3 rings (SSSR count). The molecule has 0 unspecified atom stereocenters. The summed E-state index contributed by atoms with van der Waals surface area (Å²) in [6, 6.07) is 4.18. The second-order valence-electron chi connectivity index (χ2n) is 5.60. The Morgan fingerprint density at radius 3 is 2.17 bits per heavy atom. The van der Waals surface area contributed by atoms with Gasteiger partial charge in [0.05, 0.1) is 36.4 Å². The Morgan fingerprint density at radius 2 is 1.53 bits per heavy atom. The van der Waals surface area contributed by atoms with Crippen LogP contribution in [0.4, 0.5) is 18.3 Å². The van der Waals surface area contributed by atoms with Crippen molar-refractivity contribution in [1.29, 1.82) is 0 Å². The molecule has 1 heterocycles. The first kappa shape index (κ1) is 23.7. The largest absolute Gasteiger partial charge is 0.417 e. The normalized spacial score (nSPS) is 12.3. The van der Waals surface area contributed by atoms with E-state index < -0.39 is 26.8 Å². The van der Waals surface area contributed by atoms with Gasteiger partial charge in [0.25, 0.3) is 10.0 Å². The topological polar surface area (TPSA) is 59.1 Å². The monoisotopic (exact) mass is 554 g/mol. The number of hydrogen-bond acceptors (Lipinski definition) is 4. The van der Waals surface area contributed by atoms with Crippen molar-refractivity contribution in [3.63, 3.8) is 0 Å². The van der Waals surface area contributed by atoms with Crippen molar-refractivity contribution in [3.8, 4) is 11.3 Å². The average Bonchev–Trinajstić information content (AvgIpc) is 3.05. The van der Waals surface area contributed by atoms with Crippen LogP contribution in [0.15, 0.2) is 34.5 Å². The lowest BCUT2D eigenvalue weighted by molar-refractivity contribution is -0.137. The summed E-state index contributed by atoms with van der Waals surface area (Å²) in [6.45, 7) is 0. The molecule has 0 bridgehead atoms. The molecule has 1 N–H and O–H groups in total. The maximum absolute atomic E-state index is 13.1. The minimum Gasteiger partial charge on any atom is -0.255 e. The number of anilines is 1. The highest BCUT2D eigenvalue weighted by Gasteiger charge is 2.35. The fourth-order valence-electron chi connectivity index (χ4n) is 2.33. The highest BCUT2D eigenvalue weighted by atomic mass is 35.5. The van der Waals surface area contributed by atoms with Crippen LogP contribution in [0.25, 0.3) is 11.3 Å². The molecule has 0 radical (unpaired) electrons. The van der Waals surface area contributed by atoms with E-state index in [9.17, 15) is 21.6 Å². The van der Waals surface area contributed by atoms with Crippen LogP contribution < -0.4 is 4.72 Å². The van der Waals surface area contributed by atoms with E-state index in [0.717, 1.165) is 29.5 Å². The van der Waals surface area contributed by atoms with Crippen molar-refractivity contribution in [2.45, 2.75) is 11.1 Å². The number of halogens is 8. The molecule has 160 valence electrons. The third-order valence-electron chi connectivity index (χ3n) is 3.67. The first-order chi connectivity index (χ1) is 13.8. The molecule has 3 aromatic rings. The summed E-state index contributed by atoms with van der Waals surface area (Å²) in [4.78, 5) is 3.64. The highest BCUT2D eigenvalue weighted by molar-refractivity contribution is 7.93. The molecular formula is C16H6Cl5F3N2O2S2. The zero-order valence-electron chi connectivity index (χ0n) is 14.0. The quantitative estimate of drug-likeness (QED) is 0.333. The molecule has 0 aliphatic heterocycles. The van der Waals surface area contributed by atoms with E-state index in [4.69, 9.17) is 58.0 Å². The Hall–Kier alpha value is -0.940. The predicted molar refractivity (Wildman–Crippen MR) is 115 cm³/mol. The van der Waals surface area contributed by atoms with E-state index >= 15 is 0 Å². The van der Waals surface area contributed by atoms with Crippen LogP contribution in [0.1, 0.15) is 5.56 Å². The lowest BCUT2D eigenvalue weighted by Gasteiger charge is -2.12. The fraction of sp³-hybridized carbons (Fsp3) is 0.0625. The molecule has 1 aromatic heterocycles. The smallest absolute Gasteiger partial charge is 0.255 e. The summed E-state index contributed by atoms with van der Waals surface area (Å²) < 4.78 is 66.8. The highest BCUT2D eigenvalue weighted by Crippen LogP contribution is 2.44. The number of sulfonamides is 1. The lowest BCUT2D eigenvalue weighted by Crippen LogP contribution is -2.13. The van der Waals surface area contributed by atoms with E-state index in [1.807, 2.05) is 0 Å². The summed E-state index contributed by atoms with van der Waals surface area (Å²) in [6.07, 6.45) is -4.71.